The van der Waals surface area contributed by atoms with Crippen molar-refractivity contribution in [1.29, 1.82) is 0 Å². The molecule has 0 radical (unpaired) electrons. The van der Waals surface area contributed by atoms with Crippen molar-refractivity contribution in [2.45, 2.75) is 6.92 Å². The van der Waals surface area contributed by atoms with Crippen LogP contribution in [-0.2, 0) is 0 Å². The van der Waals surface area contributed by atoms with E-state index in [1.807, 2.05) is 18.2 Å². The molecule has 3 N–H and O–H groups in total. The number of pyridine rings is 1. The molecule has 2 aromatic heterocycles. The second-order valence-electron chi connectivity index (χ2n) is 6.86. The molecule has 7 heteroatoms. The van der Waals surface area contributed by atoms with Gasteiger partial charge in [-0.2, -0.15) is 0 Å². The van der Waals surface area contributed by atoms with Crippen molar-refractivity contribution in [3.05, 3.63) is 65.2 Å². The number of anilines is 2. The van der Waals surface area contributed by atoms with Crippen LogP contribution in [0.3, 0.4) is 0 Å². The summed E-state index contributed by atoms with van der Waals surface area (Å²) in [4.78, 5) is 17.4. The number of hydrogen-bond donors (Lipinski definition) is 2. The number of thiophene rings is 1. The number of benzene rings is 2. The lowest BCUT2D eigenvalue weighted by molar-refractivity contribution is 0.0997. The highest BCUT2D eigenvalue weighted by atomic mass is 32.1. The minimum atomic E-state index is -0.555. The highest BCUT2D eigenvalue weighted by Crippen LogP contribution is 2.35. The molecule has 0 atom stereocenters. The van der Waals surface area contributed by atoms with Crippen molar-refractivity contribution in [3.8, 4) is 21.9 Å². The van der Waals surface area contributed by atoms with Gasteiger partial charge in [-0.05, 0) is 53.8 Å². The number of amides is 1. The minimum Gasteiger partial charge on any atom is -0.497 e. The molecule has 1 amide bonds. The maximum Gasteiger partial charge on any atom is 0.252 e. The second-order valence-corrected chi connectivity index (χ2v) is 7.77. The summed E-state index contributed by atoms with van der Waals surface area (Å²) < 4.78 is 10.8. The number of methoxy groups -OCH3 is 2. The predicted molar refractivity (Wildman–Crippen MR) is 121 cm³/mol. The van der Waals surface area contributed by atoms with Crippen LogP contribution < -0.4 is 20.5 Å². The molecular weight excluding hydrogens is 398 g/mol. The Hall–Kier alpha value is -3.58. The number of aromatic nitrogens is 1. The predicted octanol–water partition coefficient (Wildman–Crippen LogP) is 5.13. The average molecular weight is 420 g/mol. The van der Waals surface area contributed by atoms with E-state index in [1.54, 1.807) is 36.8 Å². The third-order valence-corrected chi connectivity index (χ3v) is 5.86. The van der Waals surface area contributed by atoms with E-state index >= 15 is 0 Å². The van der Waals surface area contributed by atoms with E-state index in [2.05, 4.69) is 34.7 Å². The molecule has 2 aromatic carbocycles. The summed E-state index contributed by atoms with van der Waals surface area (Å²) in [6.07, 6.45) is 1.71. The van der Waals surface area contributed by atoms with Gasteiger partial charge in [0.2, 0.25) is 0 Å². The van der Waals surface area contributed by atoms with Crippen LogP contribution in [0.4, 0.5) is 11.4 Å². The van der Waals surface area contributed by atoms with Gasteiger partial charge in [-0.1, -0.05) is 0 Å². The van der Waals surface area contributed by atoms with Crippen LogP contribution in [-0.4, -0.2) is 25.1 Å². The van der Waals surface area contributed by atoms with Crippen LogP contribution in [0.1, 0.15) is 15.9 Å². The molecule has 152 valence electrons. The van der Waals surface area contributed by atoms with Gasteiger partial charge in [-0.15, -0.1) is 11.3 Å². The molecule has 2 heterocycles. The molecule has 6 nitrogen and oxygen atoms in total. The Labute approximate surface area is 178 Å². The van der Waals surface area contributed by atoms with E-state index in [4.69, 9.17) is 15.2 Å². The lowest BCUT2D eigenvalue weighted by Gasteiger charge is -2.14. The summed E-state index contributed by atoms with van der Waals surface area (Å²) in [5.74, 6) is 0.593. The zero-order valence-corrected chi connectivity index (χ0v) is 17.7. The summed E-state index contributed by atoms with van der Waals surface area (Å²) in [6.45, 7) is 2.08. The summed E-state index contributed by atoms with van der Waals surface area (Å²) in [6, 6.07) is 13.4. The van der Waals surface area contributed by atoms with E-state index in [0.717, 1.165) is 33.0 Å². The Morgan fingerprint density at radius 2 is 1.93 bits per heavy atom. The Bertz CT molecular complexity index is 1250. The molecule has 30 heavy (non-hydrogen) atoms. The first-order chi connectivity index (χ1) is 14.5. The molecule has 0 aliphatic carbocycles. The average Bonchev–Trinajstić information content (AvgIpc) is 3.19. The third-order valence-electron chi connectivity index (χ3n) is 4.76. The molecule has 0 aliphatic heterocycles. The Morgan fingerprint density at radius 1 is 1.10 bits per heavy atom. The Balaban J connectivity index is 1.80. The van der Waals surface area contributed by atoms with Crippen LogP contribution in [0.2, 0.25) is 0 Å². The molecule has 0 fully saturated rings. The molecule has 0 saturated heterocycles. The van der Waals surface area contributed by atoms with E-state index in [0.29, 0.717) is 16.8 Å². The first-order valence-electron chi connectivity index (χ1n) is 9.26. The lowest BCUT2D eigenvalue weighted by atomic mass is 10.1. The number of nitrogens with zero attached hydrogens (tertiary/aromatic N) is 1. The monoisotopic (exact) mass is 419 g/mol. The van der Waals surface area contributed by atoms with Gasteiger partial charge in [-0.3, -0.25) is 9.78 Å². The van der Waals surface area contributed by atoms with Crippen LogP contribution in [0.25, 0.3) is 21.3 Å². The second kappa shape index (κ2) is 8.04. The smallest absolute Gasteiger partial charge is 0.252 e. The number of primary amides is 1. The zero-order chi connectivity index (χ0) is 21.3. The number of rotatable bonds is 6. The highest BCUT2D eigenvalue weighted by molar-refractivity contribution is 7.13. The summed E-state index contributed by atoms with van der Waals surface area (Å²) in [5.41, 5.74) is 10.5. The van der Waals surface area contributed by atoms with Gasteiger partial charge in [0.1, 0.15) is 11.5 Å². The fraction of sp³-hybridized carbons (Fsp3) is 0.130. The van der Waals surface area contributed by atoms with E-state index in [9.17, 15) is 4.79 Å². The van der Waals surface area contributed by atoms with E-state index in [-0.39, 0.29) is 0 Å². The van der Waals surface area contributed by atoms with Gasteiger partial charge < -0.3 is 20.5 Å². The normalized spacial score (nSPS) is 10.8. The van der Waals surface area contributed by atoms with E-state index < -0.39 is 5.91 Å². The first-order valence-corrected chi connectivity index (χ1v) is 10.1. The van der Waals surface area contributed by atoms with Gasteiger partial charge in [0.15, 0.2) is 0 Å². The maximum atomic E-state index is 11.9. The van der Waals surface area contributed by atoms with Gasteiger partial charge in [-0.25, -0.2) is 0 Å². The Morgan fingerprint density at radius 3 is 2.60 bits per heavy atom. The van der Waals surface area contributed by atoms with Crippen molar-refractivity contribution in [3.63, 3.8) is 0 Å². The molecule has 0 bridgehead atoms. The molecular formula is C23H21N3O3S. The Kier molecular flexibility index (Phi) is 5.29. The number of nitrogens with one attached hydrogen (secondary N) is 1. The number of hydrogen-bond acceptors (Lipinski definition) is 6. The molecule has 0 saturated carbocycles. The number of ether oxygens (including phenoxy) is 2. The van der Waals surface area contributed by atoms with Crippen LogP contribution in [0.15, 0.2) is 54.0 Å². The first kappa shape index (κ1) is 19.7. The van der Waals surface area contributed by atoms with Gasteiger partial charge in [0.25, 0.3) is 5.91 Å². The molecule has 0 aliphatic rings. The third kappa shape index (κ3) is 3.79. The number of carbonyl (C=O) groups is 1. The van der Waals surface area contributed by atoms with Crippen LogP contribution in [0, 0.1) is 6.92 Å². The van der Waals surface area contributed by atoms with Gasteiger partial charge >= 0.3 is 0 Å². The van der Waals surface area contributed by atoms with Crippen molar-refractivity contribution < 1.29 is 14.3 Å². The minimum absolute atomic E-state index is 0.307. The number of fused-ring (bicyclic) bond motifs is 1. The topological polar surface area (TPSA) is 86.5 Å². The van der Waals surface area contributed by atoms with Crippen molar-refractivity contribution in [1.82, 2.24) is 4.98 Å². The molecule has 0 spiro atoms. The van der Waals surface area contributed by atoms with Crippen LogP contribution >= 0.6 is 11.3 Å². The number of aryl methyl sites for hydroxylation is 1. The van der Waals surface area contributed by atoms with Gasteiger partial charge in [0.05, 0.1) is 25.3 Å². The molecule has 4 rings (SSSR count). The fourth-order valence-electron chi connectivity index (χ4n) is 3.31. The lowest BCUT2D eigenvalue weighted by Crippen LogP contribution is -2.12. The van der Waals surface area contributed by atoms with Crippen LogP contribution in [0.5, 0.6) is 11.5 Å². The molecule has 0 unspecified atom stereocenters. The largest absolute Gasteiger partial charge is 0.497 e. The fourth-order valence-corrected chi connectivity index (χ4v) is 4.20. The van der Waals surface area contributed by atoms with Crippen molar-refractivity contribution >= 4 is 39.5 Å². The zero-order valence-electron chi connectivity index (χ0n) is 16.9. The number of nitrogens with two attached hydrogens (primary N) is 1. The highest BCUT2D eigenvalue weighted by Gasteiger charge is 2.14. The van der Waals surface area contributed by atoms with Crippen molar-refractivity contribution in [2.24, 2.45) is 5.73 Å². The van der Waals surface area contributed by atoms with Crippen molar-refractivity contribution in [2.75, 3.05) is 19.5 Å². The summed E-state index contributed by atoms with van der Waals surface area (Å²) in [7, 11) is 3.15. The molecule has 4 aromatic rings. The summed E-state index contributed by atoms with van der Waals surface area (Å²) >= 11 is 1.69. The van der Waals surface area contributed by atoms with Gasteiger partial charge in [0, 0.05) is 40.0 Å². The number of carbonyl (C=O) groups excluding carboxylic acids is 1. The van der Waals surface area contributed by atoms with E-state index in [1.165, 1.54) is 12.7 Å². The standard InChI is InChI=1S/C23H21N3O3S/c1-13-6-22(30-12-13)14-7-15(9-16(8-14)28-2)26-19-4-5-25-20-11-21(29-3)18(23(24)27)10-17(19)20/h4-12H,1-3H3,(H2,24,27)(H,25,26). The SMILES string of the molecule is COc1cc(Nc2ccnc3cc(OC)c(C(N)=O)cc23)cc(-c2cc(C)cs2)c1. The maximum absolute atomic E-state index is 11.9. The summed E-state index contributed by atoms with van der Waals surface area (Å²) in [5, 5.41) is 6.32. The quantitative estimate of drug-likeness (QED) is 0.452.